The van der Waals surface area contributed by atoms with Crippen molar-refractivity contribution in [3.63, 3.8) is 0 Å². The third-order valence-electron chi connectivity index (χ3n) is 1.34. The number of carbonyl (C=O) groups excluding carboxylic acids is 1. The zero-order valence-corrected chi connectivity index (χ0v) is 5.95. The van der Waals surface area contributed by atoms with E-state index in [4.69, 9.17) is 5.11 Å². The van der Waals surface area contributed by atoms with Crippen molar-refractivity contribution in [1.29, 1.82) is 0 Å². The van der Waals surface area contributed by atoms with E-state index in [1.54, 1.807) is 0 Å². The van der Waals surface area contributed by atoms with Gasteiger partial charge in [-0.15, -0.1) is 5.06 Å². The molecule has 66 valence electrons. The van der Waals surface area contributed by atoms with Gasteiger partial charge in [0, 0.05) is 13.1 Å². The molecule has 0 aromatic carbocycles. The van der Waals surface area contributed by atoms with Crippen LogP contribution in [0.3, 0.4) is 0 Å². The number of aliphatic carboxylic acids is 1. The Bertz CT molecular complexity index is 183. The molecule has 0 aromatic heterocycles. The number of hydrogen-bond donors (Lipinski definition) is 1. The molecule has 0 aliphatic carbocycles. The first-order chi connectivity index (χ1) is 5.18. The molecule has 5 nitrogen and oxygen atoms in total. The second kappa shape index (κ2) is 8.23. The molecule has 1 heterocycles. The first-order valence-corrected chi connectivity index (χ1v) is 3.36. The van der Waals surface area contributed by atoms with Gasteiger partial charge in [-0.3, -0.25) is 4.79 Å². The van der Waals surface area contributed by atoms with Crippen molar-refractivity contribution < 1.29 is 19.5 Å². The molecule has 0 bridgehead atoms. The molecular weight excluding hydrogens is 196 g/mol. The molecular formula is C6H11NNa2O4. The van der Waals surface area contributed by atoms with Gasteiger partial charge in [-0.25, -0.2) is 4.79 Å². The van der Waals surface area contributed by atoms with Crippen molar-refractivity contribution in [3.8, 4) is 0 Å². The van der Waals surface area contributed by atoms with Gasteiger partial charge in [0.2, 0.25) is 0 Å². The SMILES string of the molecule is O=C(O)CC(=O)ON1CCC1.[NaH].[NaH]. The zero-order chi connectivity index (χ0) is 8.27. The number of carbonyl (C=O) groups is 2. The number of hydrogen-bond acceptors (Lipinski definition) is 4. The Hall–Kier alpha value is 0.900. The first kappa shape index (κ1) is 16.3. The normalized spacial score (nSPS) is 14.5. The average molecular weight is 207 g/mol. The first-order valence-electron chi connectivity index (χ1n) is 3.36. The molecule has 0 saturated carbocycles. The van der Waals surface area contributed by atoms with Gasteiger partial charge in [0.15, 0.2) is 0 Å². The summed E-state index contributed by atoms with van der Waals surface area (Å²) < 4.78 is 0. The van der Waals surface area contributed by atoms with Crippen LogP contribution in [-0.2, 0) is 14.4 Å². The van der Waals surface area contributed by atoms with Crippen LogP contribution in [0.4, 0.5) is 0 Å². The summed E-state index contributed by atoms with van der Waals surface area (Å²) in [7, 11) is 0. The van der Waals surface area contributed by atoms with E-state index in [2.05, 4.69) is 4.84 Å². The predicted molar refractivity (Wildman–Crippen MR) is 48.8 cm³/mol. The van der Waals surface area contributed by atoms with Gasteiger partial charge in [-0.1, -0.05) is 0 Å². The summed E-state index contributed by atoms with van der Waals surface area (Å²) >= 11 is 0. The molecule has 0 radical (unpaired) electrons. The minimum atomic E-state index is -1.16. The summed E-state index contributed by atoms with van der Waals surface area (Å²) in [5, 5.41) is 9.62. The Labute approximate surface area is 120 Å². The van der Waals surface area contributed by atoms with E-state index in [0.29, 0.717) is 13.1 Å². The van der Waals surface area contributed by atoms with E-state index < -0.39 is 18.4 Å². The van der Waals surface area contributed by atoms with Crippen molar-refractivity contribution in [1.82, 2.24) is 5.06 Å². The van der Waals surface area contributed by atoms with Gasteiger partial charge >= 0.3 is 71.1 Å². The summed E-state index contributed by atoms with van der Waals surface area (Å²) in [6.07, 6.45) is 0.441. The summed E-state index contributed by atoms with van der Waals surface area (Å²) in [4.78, 5) is 25.2. The number of carboxylic acid groups (broad SMARTS) is 1. The Balaban J connectivity index is 0. The molecule has 13 heavy (non-hydrogen) atoms. The summed E-state index contributed by atoms with van der Waals surface area (Å²) in [5.41, 5.74) is 0. The van der Waals surface area contributed by atoms with Crippen LogP contribution >= 0.6 is 0 Å². The van der Waals surface area contributed by atoms with Gasteiger partial charge in [-0.05, 0) is 6.42 Å². The molecule has 0 spiro atoms. The van der Waals surface area contributed by atoms with Crippen LogP contribution in [0.2, 0.25) is 0 Å². The molecule has 7 heteroatoms. The Morgan fingerprint density at radius 2 is 1.85 bits per heavy atom. The topological polar surface area (TPSA) is 66.8 Å². The molecule has 1 aliphatic heterocycles. The minimum absolute atomic E-state index is 0. The fraction of sp³-hybridized carbons (Fsp3) is 0.667. The molecule has 1 N–H and O–H groups in total. The number of rotatable bonds is 3. The Kier molecular flexibility index (Phi) is 10.3. The van der Waals surface area contributed by atoms with Crippen LogP contribution in [0, 0.1) is 0 Å². The molecule has 1 saturated heterocycles. The standard InChI is InChI=1S/C6H9NO4.2Na.2H/c8-5(9)4-6(10)11-7-2-1-3-7;;;;/h1-4H2,(H,8,9);;;;. The molecule has 1 rings (SSSR count). The van der Waals surface area contributed by atoms with E-state index in [1.165, 1.54) is 5.06 Å². The van der Waals surface area contributed by atoms with Crippen LogP contribution in [0.1, 0.15) is 12.8 Å². The third kappa shape index (κ3) is 6.90. The van der Waals surface area contributed by atoms with Crippen LogP contribution in [0.15, 0.2) is 0 Å². The van der Waals surface area contributed by atoms with Crippen LogP contribution in [-0.4, -0.2) is 94.3 Å². The Morgan fingerprint density at radius 3 is 2.15 bits per heavy atom. The summed E-state index contributed by atoms with van der Waals surface area (Å²) in [5.74, 6) is -1.85. The van der Waals surface area contributed by atoms with Gasteiger partial charge in [0.1, 0.15) is 6.42 Å². The van der Waals surface area contributed by atoms with E-state index in [-0.39, 0.29) is 59.1 Å². The van der Waals surface area contributed by atoms with Crippen LogP contribution in [0.25, 0.3) is 0 Å². The second-order valence-electron chi connectivity index (χ2n) is 2.32. The van der Waals surface area contributed by atoms with E-state index in [0.717, 1.165) is 6.42 Å². The maximum absolute atomic E-state index is 10.6. The van der Waals surface area contributed by atoms with Crippen molar-refractivity contribution >= 4 is 71.1 Å². The number of carboxylic acids is 1. The van der Waals surface area contributed by atoms with Crippen molar-refractivity contribution in [2.45, 2.75) is 12.8 Å². The number of hydroxylamine groups is 2. The third-order valence-corrected chi connectivity index (χ3v) is 1.34. The maximum atomic E-state index is 10.6. The molecule has 0 atom stereocenters. The zero-order valence-electron chi connectivity index (χ0n) is 5.95. The molecule has 1 aliphatic rings. The fourth-order valence-corrected chi connectivity index (χ4v) is 0.678. The van der Waals surface area contributed by atoms with Crippen LogP contribution < -0.4 is 0 Å². The van der Waals surface area contributed by atoms with E-state index in [9.17, 15) is 9.59 Å². The second-order valence-corrected chi connectivity index (χ2v) is 2.32. The van der Waals surface area contributed by atoms with Gasteiger partial charge in [0.05, 0.1) is 0 Å². The fourth-order valence-electron chi connectivity index (χ4n) is 0.678. The van der Waals surface area contributed by atoms with Crippen LogP contribution in [0.5, 0.6) is 0 Å². The monoisotopic (exact) mass is 207 g/mol. The number of nitrogens with zero attached hydrogens (tertiary/aromatic N) is 1. The predicted octanol–water partition coefficient (Wildman–Crippen LogP) is -1.67. The van der Waals surface area contributed by atoms with Crippen molar-refractivity contribution in [3.05, 3.63) is 0 Å². The average Bonchev–Trinajstić information content (AvgIpc) is 1.77. The molecule has 0 amide bonds. The van der Waals surface area contributed by atoms with Gasteiger partial charge in [0.25, 0.3) is 0 Å². The Morgan fingerprint density at radius 1 is 1.31 bits per heavy atom. The van der Waals surface area contributed by atoms with Crippen molar-refractivity contribution in [2.75, 3.05) is 13.1 Å². The van der Waals surface area contributed by atoms with Gasteiger partial charge < -0.3 is 9.94 Å². The van der Waals surface area contributed by atoms with E-state index >= 15 is 0 Å². The molecule has 0 aromatic rings. The summed E-state index contributed by atoms with van der Waals surface area (Å²) in [6.45, 7) is 1.43. The van der Waals surface area contributed by atoms with Crippen molar-refractivity contribution in [2.24, 2.45) is 0 Å². The van der Waals surface area contributed by atoms with Gasteiger partial charge in [-0.2, -0.15) is 0 Å². The summed E-state index contributed by atoms with van der Waals surface area (Å²) in [6, 6.07) is 0. The van der Waals surface area contributed by atoms with E-state index in [1.807, 2.05) is 0 Å². The quantitative estimate of drug-likeness (QED) is 0.442. The molecule has 0 unspecified atom stereocenters. The molecule has 1 fully saturated rings.